The molecule has 0 aliphatic carbocycles. The minimum Gasteiger partial charge on any atom is -0.335 e. The topological polar surface area (TPSA) is 9.72 Å². The van der Waals surface area contributed by atoms with E-state index in [0.29, 0.717) is 5.92 Å². The number of hydrogen-bond donors (Lipinski definition) is 0. The minimum absolute atomic E-state index is 0.268. The third-order valence-electron chi connectivity index (χ3n) is 12.5. The highest BCUT2D eigenvalue weighted by molar-refractivity contribution is 7.26. The van der Waals surface area contributed by atoms with Gasteiger partial charge < -0.3 is 14.7 Å². The van der Waals surface area contributed by atoms with Gasteiger partial charge in [-0.1, -0.05) is 105 Å². The Kier molecular flexibility index (Phi) is 7.42. The first kappa shape index (κ1) is 33.9. The standard InChI is InChI=1S/C53H41N3S2/c1-31(2)53-37-17-5-8-20-43(37)55(46-29-51-38(27-40(46)53)35-15-6-11-25-49(35)57-51)41-23-13-19-34-33(41)18-14-24-42(34)56-45-22-10-9-21-44(45)54(32(3)4)47-28-39-36-16-7-12-26-50(36)58-52(39)30-48(47)56/h5-32,53H,1-4H3. The zero-order valence-electron chi connectivity index (χ0n) is 32.9. The van der Waals surface area contributed by atoms with Crippen LogP contribution in [0.3, 0.4) is 0 Å². The number of para-hydroxylation sites is 3. The highest BCUT2D eigenvalue weighted by atomic mass is 32.1. The number of hydrogen-bond acceptors (Lipinski definition) is 5. The number of fused-ring (bicyclic) bond motifs is 11. The molecule has 0 amide bonds. The van der Waals surface area contributed by atoms with E-state index in [-0.39, 0.29) is 12.0 Å². The van der Waals surface area contributed by atoms with Gasteiger partial charge in [0.25, 0.3) is 0 Å². The van der Waals surface area contributed by atoms with Crippen molar-refractivity contribution in [2.24, 2.45) is 5.92 Å². The maximum Gasteiger partial charge on any atom is 0.0714 e. The van der Waals surface area contributed by atoms with Gasteiger partial charge in [0.2, 0.25) is 0 Å². The van der Waals surface area contributed by atoms with Crippen LogP contribution in [0.2, 0.25) is 0 Å². The summed E-state index contributed by atoms with van der Waals surface area (Å²) >= 11 is 3.79. The van der Waals surface area contributed by atoms with Crippen LogP contribution in [0.15, 0.2) is 158 Å². The number of nitrogens with zero attached hydrogens (tertiary/aromatic N) is 3. The highest BCUT2D eigenvalue weighted by Crippen LogP contribution is 2.58. The van der Waals surface area contributed by atoms with Crippen LogP contribution in [0.1, 0.15) is 44.7 Å². The fraction of sp³-hybridized carbons (Fsp3) is 0.132. The molecule has 10 aromatic rings. The molecular weight excluding hydrogens is 743 g/mol. The Morgan fingerprint density at radius 3 is 1.50 bits per heavy atom. The molecule has 0 radical (unpaired) electrons. The number of benzene rings is 8. The summed E-state index contributed by atoms with van der Waals surface area (Å²) < 4.78 is 5.30. The molecule has 58 heavy (non-hydrogen) atoms. The molecule has 0 bridgehead atoms. The van der Waals surface area contributed by atoms with Gasteiger partial charge in [-0.3, -0.25) is 0 Å². The number of rotatable bonds is 4. The lowest BCUT2D eigenvalue weighted by atomic mass is 9.77. The molecule has 280 valence electrons. The summed E-state index contributed by atoms with van der Waals surface area (Å²) in [5.41, 5.74) is 12.6. The van der Waals surface area contributed by atoms with Gasteiger partial charge in [-0.2, -0.15) is 0 Å². The molecule has 2 aliphatic heterocycles. The third kappa shape index (κ3) is 4.78. The maximum atomic E-state index is 2.57. The molecule has 12 rings (SSSR count). The SMILES string of the molecule is CC(C)C1c2ccccc2N(c2cccc3c(N4c5ccccc5N(C(C)C)c5cc6c(cc54)sc4ccccc46)cccc23)c2cc3sc4ccccc4c3cc21. The lowest BCUT2D eigenvalue weighted by Crippen LogP contribution is -2.32. The fourth-order valence-electron chi connectivity index (χ4n) is 10.2. The largest absolute Gasteiger partial charge is 0.335 e. The fourth-order valence-corrected chi connectivity index (χ4v) is 12.4. The lowest BCUT2D eigenvalue weighted by Gasteiger charge is -2.43. The minimum atomic E-state index is 0.268. The van der Waals surface area contributed by atoms with E-state index in [1.165, 1.54) is 108 Å². The van der Waals surface area contributed by atoms with Crippen LogP contribution in [-0.2, 0) is 0 Å². The van der Waals surface area contributed by atoms with E-state index >= 15 is 0 Å². The monoisotopic (exact) mass is 783 g/mol. The second kappa shape index (κ2) is 12.7. The van der Waals surface area contributed by atoms with E-state index < -0.39 is 0 Å². The van der Waals surface area contributed by atoms with Gasteiger partial charge in [-0.15, -0.1) is 22.7 Å². The normalized spacial score (nSPS) is 14.9. The molecule has 2 aliphatic rings. The molecule has 1 unspecified atom stereocenters. The summed E-state index contributed by atoms with van der Waals surface area (Å²) in [5, 5.41) is 7.80. The van der Waals surface area contributed by atoms with Crippen LogP contribution in [0.25, 0.3) is 51.1 Å². The van der Waals surface area contributed by atoms with Crippen LogP contribution in [0, 0.1) is 5.92 Å². The molecule has 0 N–H and O–H groups in total. The van der Waals surface area contributed by atoms with Crippen molar-refractivity contribution in [2.75, 3.05) is 14.7 Å². The van der Waals surface area contributed by atoms with Crippen LogP contribution >= 0.6 is 22.7 Å². The summed E-state index contributed by atoms with van der Waals surface area (Å²) in [7, 11) is 0. The van der Waals surface area contributed by atoms with E-state index in [1.807, 2.05) is 22.7 Å². The quantitative estimate of drug-likeness (QED) is 0.176. The van der Waals surface area contributed by atoms with E-state index in [9.17, 15) is 0 Å². The maximum absolute atomic E-state index is 2.57. The Bertz CT molecular complexity index is 3080. The van der Waals surface area contributed by atoms with Crippen molar-refractivity contribution in [1.29, 1.82) is 0 Å². The molecule has 0 saturated heterocycles. The zero-order valence-corrected chi connectivity index (χ0v) is 34.5. The van der Waals surface area contributed by atoms with Gasteiger partial charge in [0.15, 0.2) is 0 Å². The van der Waals surface area contributed by atoms with Gasteiger partial charge in [-0.25, -0.2) is 0 Å². The van der Waals surface area contributed by atoms with Crippen LogP contribution in [-0.4, -0.2) is 6.04 Å². The first-order valence-corrected chi connectivity index (χ1v) is 22.1. The van der Waals surface area contributed by atoms with Gasteiger partial charge >= 0.3 is 0 Å². The molecule has 3 nitrogen and oxygen atoms in total. The highest BCUT2D eigenvalue weighted by Gasteiger charge is 2.36. The molecular formula is C53H41N3S2. The number of thiophene rings is 2. The Labute approximate surface area is 346 Å². The Morgan fingerprint density at radius 1 is 0.362 bits per heavy atom. The predicted octanol–water partition coefficient (Wildman–Crippen LogP) is 16.5. The van der Waals surface area contributed by atoms with Crippen LogP contribution in [0.4, 0.5) is 45.5 Å². The van der Waals surface area contributed by atoms with Gasteiger partial charge in [-0.05, 0) is 97.6 Å². The van der Waals surface area contributed by atoms with E-state index in [1.54, 1.807) is 0 Å². The lowest BCUT2D eigenvalue weighted by molar-refractivity contribution is 0.560. The van der Waals surface area contributed by atoms with Gasteiger partial charge in [0.05, 0.1) is 39.8 Å². The van der Waals surface area contributed by atoms with Crippen molar-refractivity contribution < 1.29 is 0 Å². The van der Waals surface area contributed by atoms with Crippen LogP contribution < -0.4 is 14.7 Å². The Hall–Kier alpha value is -6.14. The summed E-state index contributed by atoms with van der Waals surface area (Å²) in [6.07, 6.45) is 0. The molecule has 0 spiro atoms. The molecule has 4 heterocycles. The van der Waals surface area contributed by atoms with Gasteiger partial charge in [0, 0.05) is 68.8 Å². The van der Waals surface area contributed by atoms with E-state index in [0.717, 1.165) is 0 Å². The van der Waals surface area contributed by atoms with Crippen molar-refractivity contribution in [3.8, 4) is 0 Å². The zero-order chi connectivity index (χ0) is 38.8. The molecule has 2 aromatic heterocycles. The first-order chi connectivity index (χ1) is 28.4. The average Bonchev–Trinajstić information content (AvgIpc) is 3.79. The Morgan fingerprint density at radius 2 is 0.862 bits per heavy atom. The van der Waals surface area contributed by atoms with Crippen molar-refractivity contribution >= 4 is 119 Å². The second-order valence-electron chi connectivity index (χ2n) is 16.5. The van der Waals surface area contributed by atoms with E-state index in [4.69, 9.17) is 0 Å². The van der Waals surface area contributed by atoms with Gasteiger partial charge in [0.1, 0.15) is 0 Å². The summed E-state index contributed by atoms with van der Waals surface area (Å²) in [5.74, 6) is 0.715. The molecule has 0 saturated carbocycles. The summed E-state index contributed by atoms with van der Waals surface area (Å²) in [6, 6.07) is 59.8. The van der Waals surface area contributed by atoms with Crippen molar-refractivity contribution in [3.05, 3.63) is 169 Å². The first-order valence-electron chi connectivity index (χ1n) is 20.4. The molecule has 8 aromatic carbocycles. The molecule has 5 heteroatoms. The van der Waals surface area contributed by atoms with Crippen molar-refractivity contribution in [2.45, 2.75) is 39.7 Å². The Balaban J connectivity index is 1.12. The molecule has 1 atom stereocenters. The van der Waals surface area contributed by atoms with Crippen molar-refractivity contribution in [3.63, 3.8) is 0 Å². The van der Waals surface area contributed by atoms with Crippen LogP contribution in [0.5, 0.6) is 0 Å². The average molecular weight is 784 g/mol. The number of anilines is 8. The molecule has 0 fully saturated rings. The smallest absolute Gasteiger partial charge is 0.0714 e. The second-order valence-corrected chi connectivity index (χ2v) is 18.7. The van der Waals surface area contributed by atoms with Crippen molar-refractivity contribution in [1.82, 2.24) is 0 Å². The predicted molar refractivity (Wildman–Crippen MR) is 253 cm³/mol. The summed E-state index contributed by atoms with van der Waals surface area (Å²) in [6.45, 7) is 9.37. The van der Waals surface area contributed by atoms with E-state index in [2.05, 4.69) is 200 Å². The summed E-state index contributed by atoms with van der Waals surface area (Å²) in [4.78, 5) is 7.64. The third-order valence-corrected chi connectivity index (χ3v) is 14.8.